The summed E-state index contributed by atoms with van der Waals surface area (Å²) < 4.78 is 5.33. The third-order valence-corrected chi connectivity index (χ3v) is 3.23. The lowest BCUT2D eigenvalue weighted by atomic mass is 10.0. The van der Waals surface area contributed by atoms with Crippen LogP contribution in [0.2, 0.25) is 0 Å². The lowest BCUT2D eigenvalue weighted by molar-refractivity contribution is 0.0954. The number of hydrogen-bond acceptors (Lipinski definition) is 3. The summed E-state index contributed by atoms with van der Waals surface area (Å²) in [6.45, 7) is 2.51. The van der Waals surface area contributed by atoms with Crippen LogP contribution in [0.4, 0.5) is 0 Å². The van der Waals surface area contributed by atoms with E-state index in [4.69, 9.17) is 10.5 Å². The molecule has 4 heteroatoms. The minimum atomic E-state index is -0.0792. The minimum absolute atomic E-state index is 0.0792. The van der Waals surface area contributed by atoms with E-state index in [9.17, 15) is 4.79 Å². The smallest absolute Gasteiger partial charge is 0.251 e. The highest BCUT2D eigenvalue weighted by atomic mass is 16.5. The lowest BCUT2D eigenvalue weighted by Crippen LogP contribution is -2.29. The molecule has 0 saturated heterocycles. The Kier molecular flexibility index (Phi) is 4.58. The minimum Gasteiger partial charge on any atom is -0.496 e. The first kappa shape index (κ1) is 14.3. The zero-order chi connectivity index (χ0) is 14.5. The largest absolute Gasteiger partial charge is 0.496 e. The summed E-state index contributed by atoms with van der Waals surface area (Å²) in [7, 11) is 1.63. The van der Waals surface area contributed by atoms with Gasteiger partial charge in [-0.1, -0.05) is 24.3 Å². The van der Waals surface area contributed by atoms with Gasteiger partial charge in [-0.3, -0.25) is 4.79 Å². The second-order valence-electron chi connectivity index (χ2n) is 4.88. The molecule has 0 radical (unpaired) electrons. The Balaban J connectivity index is 2.28. The second-order valence-corrected chi connectivity index (χ2v) is 4.88. The van der Waals surface area contributed by atoms with Crippen LogP contribution >= 0.6 is 0 Å². The maximum absolute atomic E-state index is 12.2. The average molecular weight is 272 g/mol. The van der Waals surface area contributed by atoms with Crippen LogP contribution < -0.4 is 15.8 Å². The molecule has 1 unspecified atom stereocenters. The first-order valence-corrected chi connectivity index (χ1v) is 6.73. The normalized spacial score (nSPS) is 12.2. The summed E-state index contributed by atoms with van der Waals surface area (Å²) in [6.07, 6.45) is 0.764. The first-order chi connectivity index (χ1) is 9.63. The number of benzene rings is 2. The van der Waals surface area contributed by atoms with Gasteiger partial charge in [0.2, 0.25) is 0 Å². The standard InChI is InChI=1S/C16H20N2O2/c1-11(17)9-10-18-16(19)14-7-8-15(20-2)13-6-4-3-5-12(13)14/h3-8,11H,9-10,17H2,1-2H3,(H,18,19). The number of hydrogen-bond donors (Lipinski definition) is 2. The zero-order valence-corrected chi connectivity index (χ0v) is 11.8. The van der Waals surface area contributed by atoms with Gasteiger partial charge < -0.3 is 15.8 Å². The summed E-state index contributed by atoms with van der Waals surface area (Å²) in [6, 6.07) is 11.4. The molecule has 2 aromatic rings. The number of methoxy groups -OCH3 is 1. The third-order valence-electron chi connectivity index (χ3n) is 3.23. The molecule has 0 aromatic heterocycles. The first-order valence-electron chi connectivity index (χ1n) is 6.73. The van der Waals surface area contributed by atoms with Crippen LogP contribution in [0.3, 0.4) is 0 Å². The van der Waals surface area contributed by atoms with Crippen molar-refractivity contribution in [2.75, 3.05) is 13.7 Å². The van der Waals surface area contributed by atoms with E-state index in [0.717, 1.165) is 22.9 Å². The van der Waals surface area contributed by atoms with Crippen LogP contribution in [0.1, 0.15) is 23.7 Å². The fraction of sp³-hybridized carbons (Fsp3) is 0.312. The summed E-state index contributed by atoms with van der Waals surface area (Å²) >= 11 is 0. The summed E-state index contributed by atoms with van der Waals surface area (Å²) in [5.74, 6) is 0.692. The van der Waals surface area contributed by atoms with Crippen LogP contribution in [-0.4, -0.2) is 25.6 Å². The Morgan fingerprint density at radius 3 is 2.60 bits per heavy atom. The molecule has 2 aromatic carbocycles. The summed E-state index contributed by atoms with van der Waals surface area (Å²) in [5, 5.41) is 4.73. The Bertz CT molecular complexity index is 608. The number of carbonyl (C=O) groups excluding carboxylic acids is 1. The van der Waals surface area contributed by atoms with Gasteiger partial charge in [0, 0.05) is 23.5 Å². The molecule has 0 saturated carbocycles. The average Bonchev–Trinajstić information content (AvgIpc) is 2.45. The van der Waals surface area contributed by atoms with Crippen molar-refractivity contribution in [2.24, 2.45) is 5.73 Å². The molecular weight excluding hydrogens is 252 g/mol. The molecule has 3 N–H and O–H groups in total. The number of nitrogens with one attached hydrogen (secondary N) is 1. The van der Waals surface area contributed by atoms with Crippen molar-refractivity contribution in [1.82, 2.24) is 5.32 Å². The molecule has 1 atom stereocenters. The fourth-order valence-electron chi connectivity index (χ4n) is 2.16. The molecule has 0 spiro atoms. The molecule has 0 aliphatic heterocycles. The van der Waals surface area contributed by atoms with Crippen LogP contribution in [0.5, 0.6) is 5.75 Å². The van der Waals surface area contributed by atoms with Crippen molar-refractivity contribution in [3.8, 4) is 5.75 Å². The predicted octanol–water partition coefficient (Wildman–Crippen LogP) is 2.32. The zero-order valence-electron chi connectivity index (χ0n) is 11.8. The Labute approximate surface area is 118 Å². The van der Waals surface area contributed by atoms with Gasteiger partial charge in [-0.15, -0.1) is 0 Å². The SMILES string of the molecule is COc1ccc(C(=O)NCCC(C)N)c2ccccc12. The Morgan fingerprint density at radius 1 is 1.25 bits per heavy atom. The molecule has 20 heavy (non-hydrogen) atoms. The monoisotopic (exact) mass is 272 g/mol. The van der Waals surface area contributed by atoms with Crippen LogP contribution in [0.15, 0.2) is 36.4 Å². The van der Waals surface area contributed by atoms with E-state index < -0.39 is 0 Å². The van der Waals surface area contributed by atoms with Crippen LogP contribution in [0.25, 0.3) is 10.8 Å². The van der Waals surface area contributed by atoms with E-state index in [2.05, 4.69) is 5.32 Å². The van der Waals surface area contributed by atoms with Gasteiger partial charge in [0.05, 0.1) is 7.11 Å². The number of ether oxygens (including phenoxy) is 1. The number of carbonyl (C=O) groups is 1. The van der Waals surface area contributed by atoms with Gasteiger partial charge in [0.15, 0.2) is 0 Å². The maximum Gasteiger partial charge on any atom is 0.251 e. The van der Waals surface area contributed by atoms with Gasteiger partial charge in [-0.25, -0.2) is 0 Å². The van der Waals surface area contributed by atoms with E-state index in [0.29, 0.717) is 12.1 Å². The molecule has 0 aliphatic carbocycles. The Morgan fingerprint density at radius 2 is 1.95 bits per heavy atom. The molecule has 1 amide bonds. The van der Waals surface area contributed by atoms with Crippen molar-refractivity contribution in [3.05, 3.63) is 42.0 Å². The highest BCUT2D eigenvalue weighted by Gasteiger charge is 2.12. The van der Waals surface area contributed by atoms with E-state index >= 15 is 0 Å². The topological polar surface area (TPSA) is 64.3 Å². The third kappa shape index (κ3) is 3.08. The van der Waals surface area contributed by atoms with Gasteiger partial charge in [-0.2, -0.15) is 0 Å². The molecule has 4 nitrogen and oxygen atoms in total. The van der Waals surface area contributed by atoms with Crippen molar-refractivity contribution in [3.63, 3.8) is 0 Å². The number of fused-ring (bicyclic) bond motifs is 1. The van der Waals surface area contributed by atoms with E-state index in [1.54, 1.807) is 13.2 Å². The number of amides is 1. The van der Waals surface area contributed by atoms with Crippen LogP contribution in [0, 0.1) is 0 Å². The quantitative estimate of drug-likeness (QED) is 0.878. The van der Waals surface area contributed by atoms with Gasteiger partial charge in [-0.05, 0) is 30.9 Å². The maximum atomic E-state index is 12.2. The predicted molar refractivity (Wildman–Crippen MR) is 81.1 cm³/mol. The summed E-state index contributed by atoms with van der Waals surface area (Å²) in [5.41, 5.74) is 6.34. The molecule has 0 heterocycles. The highest BCUT2D eigenvalue weighted by molar-refractivity contribution is 6.08. The van der Waals surface area contributed by atoms with Crippen molar-refractivity contribution >= 4 is 16.7 Å². The number of rotatable bonds is 5. The number of nitrogens with two attached hydrogens (primary N) is 1. The van der Waals surface area contributed by atoms with Crippen molar-refractivity contribution in [1.29, 1.82) is 0 Å². The highest BCUT2D eigenvalue weighted by Crippen LogP contribution is 2.28. The van der Waals surface area contributed by atoms with Crippen molar-refractivity contribution in [2.45, 2.75) is 19.4 Å². The fourth-order valence-corrected chi connectivity index (χ4v) is 2.16. The van der Waals surface area contributed by atoms with Gasteiger partial charge >= 0.3 is 0 Å². The van der Waals surface area contributed by atoms with Crippen LogP contribution in [-0.2, 0) is 0 Å². The Hall–Kier alpha value is -2.07. The van der Waals surface area contributed by atoms with Gasteiger partial charge in [0.1, 0.15) is 5.75 Å². The molecule has 0 aliphatic rings. The molecule has 106 valence electrons. The molecule has 0 bridgehead atoms. The lowest BCUT2D eigenvalue weighted by Gasteiger charge is -2.11. The molecule has 0 fully saturated rings. The van der Waals surface area contributed by atoms with E-state index in [-0.39, 0.29) is 11.9 Å². The van der Waals surface area contributed by atoms with E-state index in [1.807, 2.05) is 37.3 Å². The van der Waals surface area contributed by atoms with Gasteiger partial charge in [0.25, 0.3) is 5.91 Å². The second kappa shape index (κ2) is 6.39. The summed E-state index contributed by atoms with van der Waals surface area (Å²) in [4.78, 5) is 12.2. The van der Waals surface area contributed by atoms with E-state index in [1.165, 1.54) is 0 Å². The molecular formula is C16H20N2O2. The van der Waals surface area contributed by atoms with Crippen molar-refractivity contribution < 1.29 is 9.53 Å². The molecule has 2 rings (SSSR count).